The first-order valence-electron chi connectivity index (χ1n) is 11.7. The molecule has 1 aromatic heterocycles. The average molecular weight is 465 g/mol. The summed E-state index contributed by atoms with van der Waals surface area (Å²) in [5, 5.41) is 2.98. The Hall–Kier alpha value is -4.19. The number of fused-ring (bicyclic) bond motifs is 1. The van der Waals surface area contributed by atoms with Crippen molar-refractivity contribution in [3.63, 3.8) is 0 Å². The summed E-state index contributed by atoms with van der Waals surface area (Å²) >= 11 is 0. The van der Waals surface area contributed by atoms with Crippen molar-refractivity contribution in [2.45, 2.75) is 26.2 Å². The molecule has 0 atom stereocenters. The molecule has 0 saturated carbocycles. The number of halogens is 1. The zero-order valence-corrected chi connectivity index (χ0v) is 19.5. The zero-order valence-electron chi connectivity index (χ0n) is 19.5. The highest BCUT2D eigenvalue weighted by molar-refractivity contribution is 5.98. The molecule has 0 aliphatic carbocycles. The summed E-state index contributed by atoms with van der Waals surface area (Å²) in [5.41, 5.74) is 7.17. The molecule has 0 saturated heterocycles. The van der Waals surface area contributed by atoms with Crippen molar-refractivity contribution in [3.8, 4) is 22.5 Å². The van der Waals surface area contributed by atoms with Gasteiger partial charge < -0.3 is 5.32 Å². The van der Waals surface area contributed by atoms with Gasteiger partial charge in [-0.3, -0.25) is 9.79 Å². The third kappa shape index (κ3) is 5.17. The molecule has 0 radical (unpaired) electrons. The lowest BCUT2D eigenvalue weighted by molar-refractivity contribution is 0.0953. The summed E-state index contributed by atoms with van der Waals surface area (Å²) in [4.78, 5) is 26.8. The predicted molar refractivity (Wildman–Crippen MR) is 138 cm³/mol. The van der Waals surface area contributed by atoms with Crippen LogP contribution in [-0.4, -0.2) is 28.1 Å². The van der Waals surface area contributed by atoms with E-state index < -0.39 is 0 Å². The zero-order chi connectivity index (χ0) is 24.2. The second kappa shape index (κ2) is 9.97. The van der Waals surface area contributed by atoms with Crippen LogP contribution < -0.4 is 5.32 Å². The Morgan fingerprint density at radius 3 is 2.29 bits per heavy atom. The minimum atomic E-state index is -0.303. The minimum absolute atomic E-state index is 0.139. The smallest absolute Gasteiger partial charge is 0.251 e. The number of nitrogens with zero attached hydrogens (tertiary/aromatic N) is 3. The van der Waals surface area contributed by atoms with Gasteiger partial charge in [-0.1, -0.05) is 35.9 Å². The molecule has 4 aromatic rings. The Morgan fingerprint density at radius 1 is 0.914 bits per heavy atom. The normalized spacial score (nSPS) is 12.7. The van der Waals surface area contributed by atoms with E-state index in [-0.39, 0.29) is 11.7 Å². The molecule has 1 N–H and O–H groups in total. The van der Waals surface area contributed by atoms with E-state index in [1.807, 2.05) is 49.5 Å². The van der Waals surface area contributed by atoms with Crippen molar-refractivity contribution >= 4 is 22.7 Å². The van der Waals surface area contributed by atoms with Gasteiger partial charge in [-0.05, 0) is 62.2 Å². The highest BCUT2D eigenvalue weighted by atomic mass is 19.1. The van der Waals surface area contributed by atoms with Crippen LogP contribution in [0.25, 0.3) is 33.5 Å². The number of nitrogens with one attached hydrogen (secondary N) is 1. The summed E-state index contributed by atoms with van der Waals surface area (Å²) in [5.74, 6) is -0.442. The molecule has 174 valence electrons. The number of rotatable bonds is 7. The van der Waals surface area contributed by atoms with E-state index >= 15 is 0 Å². The monoisotopic (exact) mass is 464 g/mol. The fourth-order valence-electron chi connectivity index (χ4n) is 4.08. The third-order valence-corrected chi connectivity index (χ3v) is 6.01. The second-order valence-electron chi connectivity index (χ2n) is 8.64. The van der Waals surface area contributed by atoms with Crippen LogP contribution in [0.3, 0.4) is 0 Å². The van der Waals surface area contributed by atoms with Gasteiger partial charge in [-0.2, -0.15) is 0 Å². The second-order valence-corrected chi connectivity index (χ2v) is 8.64. The molecular weight excluding hydrogens is 439 g/mol. The van der Waals surface area contributed by atoms with Crippen LogP contribution >= 0.6 is 0 Å². The van der Waals surface area contributed by atoms with E-state index in [0.29, 0.717) is 34.5 Å². The Bertz CT molecular complexity index is 1440. The topological polar surface area (TPSA) is 67.2 Å². The summed E-state index contributed by atoms with van der Waals surface area (Å²) in [6, 6.07) is 19.6. The lowest BCUT2D eigenvalue weighted by atomic mass is 10.0. The maximum Gasteiger partial charge on any atom is 0.251 e. The Balaban J connectivity index is 1.44. The first-order valence-corrected chi connectivity index (χ1v) is 11.7. The maximum absolute atomic E-state index is 13.6. The van der Waals surface area contributed by atoms with Crippen molar-refractivity contribution < 1.29 is 9.18 Å². The van der Waals surface area contributed by atoms with E-state index in [0.717, 1.165) is 41.7 Å². The molecular formula is C29H25FN4O. The molecule has 1 aliphatic heterocycles. The van der Waals surface area contributed by atoms with E-state index in [1.165, 1.54) is 12.1 Å². The number of aromatic nitrogens is 2. The minimum Gasteiger partial charge on any atom is -0.352 e. The van der Waals surface area contributed by atoms with Crippen molar-refractivity contribution in [3.05, 3.63) is 96.0 Å². The standard InChI is InChI=1S/C29H25FN4O/c1-19-6-8-20(9-7-19)28-27(21-10-13-23(30)14-11-21)33-25-15-12-22(18-26(25)34-28)29(35)32-17-3-5-24-4-2-16-31-24/h2,6-16,18H,3-5,17H2,1H3,(H,32,35). The molecule has 5 rings (SSSR count). The fraction of sp³-hybridized carbons (Fsp3) is 0.172. The van der Waals surface area contributed by atoms with Crippen LogP contribution in [0, 0.1) is 12.7 Å². The van der Waals surface area contributed by atoms with Crippen LogP contribution in [0.1, 0.15) is 35.2 Å². The largest absolute Gasteiger partial charge is 0.352 e. The number of aliphatic imine (C=N–C) groups is 1. The highest BCUT2D eigenvalue weighted by Gasteiger charge is 2.15. The van der Waals surface area contributed by atoms with Crippen LogP contribution in [0.5, 0.6) is 0 Å². The molecule has 0 spiro atoms. The van der Waals surface area contributed by atoms with Gasteiger partial charge in [0, 0.05) is 41.6 Å². The number of allylic oxidation sites excluding steroid dienone is 1. The van der Waals surface area contributed by atoms with Gasteiger partial charge in [-0.25, -0.2) is 14.4 Å². The number of aryl methyl sites for hydroxylation is 1. The molecule has 1 amide bonds. The van der Waals surface area contributed by atoms with Crippen LogP contribution in [0.4, 0.5) is 4.39 Å². The number of amides is 1. The third-order valence-electron chi connectivity index (χ3n) is 6.01. The van der Waals surface area contributed by atoms with Crippen molar-refractivity contribution in [1.82, 2.24) is 15.3 Å². The van der Waals surface area contributed by atoms with Gasteiger partial charge in [0.25, 0.3) is 5.91 Å². The Labute approximate surface area is 203 Å². The lowest BCUT2D eigenvalue weighted by Gasteiger charge is -2.12. The first-order chi connectivity index (χ1) is 17.1. The van der Waals surface area contributed by atoms with Crippen LogP contribution in [-0.2, 0) is 0 Å². The molecule has 0 fully saturated rings. The molecule has 0 bridgehead atoms. The van der Waals surface area contributed by atoms with Gasteiger partial charge >= 0.3 is 0 Å². The summed E-state index contributed by atoms with van der Waals surface area (Å²) in [6.45, 7) is 2.61. The Kier molecular flexibility index (Phi) is 6.44. The first kappa shape index (κ1) is 22.6. The molecule has 1 aliphatic rings. The molecule has 6 heteroatoms. The van der Waals surface area contributed by atoms with Gasteiger partial charge in [0.2, 0.25) is 0 Å². The van der Waals surface area contributed by atoms with Crippen molar-refractivity contribution in [2.24, 2.45) is 4.99 Å². The van der Waals surface area contributed by atoms with Gasteiger partial charge in [0.1, 0.15) is 5.82 Å². The lowest BCUT2D eigenvalue weighted by Crippen LogP contribution is -2.24. The van der Waals surface area contributed by atoms with Crippen molar-refractivity contribution in [2.75, 3.05) is 6.54 Å². The SMILES string of the molecule is Cc1ccc(-c2nc3cc(C(=O)NCCCC4=NC=CC4)ccc3nc2-c2ccc(F)cc2)cc1. The van der Waals surface area contributed by atoms with E-state index in [2.05, 4.69) is 10.3 Å². The molecule has 5 nitrogen and oxygen atoms in total. The maximum atomic E-state index is 13.6. The number of hydrogen-bond donors (Lipinski definition) is 1. The van der Waals surface area contributed by atoms with Gasteiger partial charge in [0.05, 0.1) is 22.4 Å². The molecule has 2 heterocycles. The predicted octanol–water partition coefficient (Wildman–Crippen LogP) is 6.28. The summed E-state index contributed by atoms with van der Waals surface area (Å²) in [7, 11) is 0. The molecule has 0 unspecified atom stereocenters. The van der Waals surface area contributed by atoms with Crippen molar-refractivity contribution in [1.29, 1.82) is 0 Å². The van der Waals surface area contributed by atoms with E-state index in [9.17, 15) is 9.18 Å². The average Bonchev–Trinajstić information content (AvgIpc) is 3.40. The molecule has 35 heavy (non-hydrogen) atoms. The number of carbonyl (C=O) groups is 1. The van der Waals surface area contributed by atoms with Gasteiger partial charge in [0.15, 0.2) is 0 Å². The number of carbonyl (C=O) groups excluding carboxylic acids is 1. The van der Waals surface area contributed by atoms with E-state index in [4.69, 9.17) is 9.97 Å². The Morgan fingerprint density at radius 2 is 1.60 bits per heavy atom. The van der Waals surface area contributed by atoms with Crippen LogP contribution in [0.2, 0.25) is 0 Å². The van der Waals surface area contributed by atoms with Gasteiger partial charge in [-0.15, -0.1) is 0 Å². The van der Waals surface area contributed by atoms with E-state index in [1.54, 1.807) is 24.3 Å². The van der Waals surface area contributed by atoms with Crippen LogP contribution in [0.15, 0.2) is 84.0 Å². The summed E-state index contributed by atoms with van der Waals surface area (Å²) in [6.07, 6.45) is 6.49. The number of hydrogen-bond acceptors (Lipinski definition) is 4. The highest BCUT2D eigenvalue weighted by Crippen LogP contribution is 2.31. The molecule has 3 aromatic carbocycles. The number of benzene rings is 3. The fourth-order valence-corrected chi connectivity index (χ4v) is 4.08. The summed E-state index contributed by atoms with van der Waals surface area (Å²) < 4.78 is 13.6. The quantitative estimate of drug-likeness (QED) is 0.327.